The average molecular weight is 273 g/mol. The molecule has 2 unspecified atom stereocenters. The van der Waals surface area contributed by atoms with Crippen LogP contribution in [0.3, 0.4) is 0 Å². The summed E-state index contributed by atoms with van der Waals surface area (Å²) in [4.78, 5) is 3.38. The molecule has 7 heteroatoms. The summed E-state index contributed by atoms with van der Waals surface area (Å²) in [5.41, 5.74) is 5.76. The molecule has 1 heterocycles. The Labute approximate surface area is 106 Å². The summed E-state index contributed by atoms with van der Waals surface area (Å²) in [5.74, 6) is -0.406. The molecule has 0 saturated heterocycles. The van der Waals surface area contributed by atoms with Crippen LogP contribution in [0, 0.1) is 11.7 Å². The van der Waals surface area contributed by atoms with Crippen LogP contribution < -0.4 is 10.5 Å². The van der Waals surface area contributed by atoms with E-state index in [0.717, 1.165) is 37.7 Å². The van der Waals surface area contributed by atoms with Gasteiger partial charge in [-0.1, -0.05) is 0 Å². The highest BCUT2D eigenvalue weighted by molar-refractivity contribution is 7.89. The average Bonchev–Trinajstić information content (AvgIpc) is 2.73. The van der Waals surface area contributed by atoms with E-state index in [9.17, 15) is 12.8 Å². The molecule has 0 aromatic carbocycles. The van der Waals surface area contributed by atoms with Crippen LogP contribution in [0.4, 0.5) is 4.39 Å². The molecule has 3 N–H and O–H groups in total. The molecule has 1 aliphatic carbocycles. The summed E-state index contributed by atoms with van der Waals surface area (Å²) in [7, 11) is -3.68. The maximum absolute atomic E-state index is 12.9. The molecule has 1 saturated carbocycles. The van der Waals surface area contributed by atoms with Crippen LogP contribution in [-0.4, -0.2) is 26.0 Å². The Kier molecular flexibility index (Phi) is 3.94. The molecule has 100 valence electrons. The predicted octanol–water partition coefficient (Wildman–Crippen LogP) is 0.626. The van der Waals surface area contributed by atoms with E-state index in [2.05, 4.69) is 9.71 Å². The minimum absolute atomic E-state index is 0.148. The minimum atomic E-state index is -3.68. The number of sulfonamides is 1. The Hall–Kier alpha value is -1.05. The van der Waals surface area contributed by atoms with Crippen LogP contribution in [0.15, 0.2) is 23.4 Å². The number of rotatable bonds is 4. The third kappa shape index (κ3) is 3.24. The van der Waals surface area contributed by atoms with Crippen molar-refractivity contribution in [3.05, 3.63) is 24.3 Å². The summed E-state index contributed by atoms with van der Waals surface area (Å²) >= 11 is 0. The van der Waals surface area contributed by atoms with Gasteiger partial charge in [0.2, 0.25) is 10.0 Å². The highest BCUT2D eigenvalue weighted by Gasteiger charge is 2.24. The molecule has 0 radical (unpaired) electrons. The van der Waals surface area contributed by atoms with Crippen molar-refractivity contribution in [3.63, 3.8) is 0 Å². The standard InChI is InChI=1S/C11H16FN3O2S/c12-9-4-11(7-14-6-9)18(16,17)15-5-8-1-2-10(13)3-8/h4,6-8,10,15H,1-3,5,13H2. The summed E-state index contributed by atoms with van der Waals surface area (Å²) in [6, 6.07) is 1.12. The largest absolute Gasteiger partial charge is 0.328 e. The summed E-state index contributed by atoms with van der Waals surface area (Å²) < 4.78 is 39.1. The van der Waals surface area contributed by atoms with E-state index in [1.807, 2.05) is 0 Å². The summed E-state index contributed by atoms with van der Waals surface area (Å²) in [5, 5.41) is 0. The molecule has 1 aromatic rings. The number of nitrogens with two attached hydrogens (primary N) is 1. The van der Waals surface area contributed by atoms with Crippen molar-refractivity contribution in [2.75, 3.05) is 6.54 Å². The Morgan fingerprint density at radius 1 is 1.44 bits per heavy atom. The Morgan fingerprint density at radius 2 is 2.22 bits per heavy atom. The van der Waals surface area contributed by atoms with Crippen molar-refractivity contribution >= 4 is 10.0 Å². The maximum atomic E-state index is 12.9. The van der Waals surface area contributed by atoms with E-state index in [0.29, 0.717) is 6.54 Å². The lowest BCUT2D eigenvalue weighted by Crippen LogP contribution is -2.29. The number of hydrogen-bond donors (Lipinski definition) is 2. The molecule has 2 atom stereocenters. The molecule has 0 bridgehead atoms. The summed E-state index contributed by atoms with van der Waals surface area (Å²) in [6.45, 7) is 0.340. The first-order chi connectivity index (χ1) is 8.47. The van der Waals surface area contributed by atoms with Crippen LogP contribution in [0.2, 0.25) is 0 Å². The van der Waals surface area contributed by atoms with Gasteiger partial charge < -0.3 is 5.73 Å². The molecule has 1 aromatic heterocycles. The number of pyridine rings is 1. The normalized spacial score (nSPS) is 24.3. The smallest absolute Gasteiger partial charge is 0.242 e. The molecule has 1 aliphatic rings. The van der Waals surface area contributed by atoms with Gasteiger partial charge in [-0.2, -0.15) is 0 Å². The predicted molar refractivity (Wildman–Crippen MR) is 64.7 cm³/mol. The lowest BCUT2D eigenvalue weighted by Gasteiger charge is -2.11. The number of halogens is 1. The molecule has 2 rings (SSSR count). The third-order valence-electron chi connectivity index (χ3n) is 3.13. The summed E-state index contributed by atoms with van der Waals surface area (Å²) in [6.07, 6.45) is 4.77. The molecule has 0 amide bonds. The first kappa shape index (κ1) is 13.4. The Bertz CT molecular complexity index is 521. The second-order valence-electron chi connectivity index (χ2n) is 4.63. The number of hydrogen-bond acceptors (Lipinski definition) is 4. The quantitative estimate of drug-likeness (QED) is 0.842. The first-order valence-electron chi connectivity index (χ1n) is 5.83. The van der Waals surface area contributed by atoms with Gasteiger partial charge >= 0.3 is 0 Å². The lowest BCUT2D eigenvalue weighted by atomic mass is 10.1. The second-order valence-corrected chi connectivity index (χ2v) is 6.40. The zero-order chi connectivity index (χ0) is 13.2. The van der Waals surface area contributed by atoms with E-state index in [4.69, 9.17) is 5.73 Å². The van der Waals surface area contributed by atoms with E-state index in [-0.39, 0.29) is 16.9 Å². The van der Waals surface area contributed by atoms with Crippen molar-refractivity contribution in [1.82, 2.24) is 9.71 Å². The van der Waals surface area contributed by atoms with Gasteiger partial charge in [-0.3, -0.25) is 4.98 Å². The molecule has 1 fully saturated rings. The van der Waals surface area contributed by atoms with Crippen molar-refractivity contribution in [2.45, 2.75) is 30.2 Å². The van der Waals surface area contributed by atoms with E-state index in [1.165, 1.54) is 0 Å². The molecular formula is C11H16FN3O2S. The highest BCUT2D eigenvalue weighted by Crippen LogP contribution is 2.23. The van der Waals surface area contributed by atoms with Crippen LogP contribution >= 0.6 is 0 Å². The van der Waals surface area contributed by atoms with Crippen molar-refractivity contribution in [1.29, 1.82) is 0 Å². The number of aromatic nitrogens is 1. The fourth-order valence-corrected chi connectivity index (χ4v) is 3.24. The molecule has 0 spiro atoms. The highest BCUT2D eigenvalue weighted by atomic mass is 32.2. The van der Waals surface area contributed by atoms with Gasteiger partial charge in [0, 0.05) is 18.8 Å². The van der Waals surface area contributed by atoms with Gasteiger partial charge in [0.1, 0.15) is 10.7 Å². The first-order valence-corrected chi connectivity index (χ1v) is 7.31. The second kappa shape index (κ2) is 5.29. The van der Waals surface area contributed by atoms with Crippen LogP contribution in [0.25, 0.3) is 0 Å². The van der Waals surface area contributed by atoms with Crippen LogP contribution in [0.1, 0.15) is 19.3 Å². The number of nitrogens with one attached hydrogen (secondary N) is 1. The molecular weight excluding hydrogens is 257 g/mol. The minimum Gasteiger partial charge on any atom is -0.328 e. The lowest BCUT2D eigenvalue weighted by molar-refractivity contribution is 0.512. The van der Waals surface area contributed by atoms with Crippen molar-refractivity contribution in [2.24, 2.45) is 11.7 Å². The SMILES string of the molecule is NC1CCC(CNS(=O)(=O)c2cncc(F)c2)C1. The van der Waals surface area contributed by atoms with E-state index in [1.54, 1.807) is 0 Å². The number of nitrogens with zero attached hydrogens (tertiary/aromatic N) is 1. The fourth-order valence-electron chi connectivity index (χ4n) is 2.15. The topological polar surface area (TPSA) is 85.1 Å². The van der Waals surface area contributed by atoms with Crippen LogP contribution in [0.5, 0.6) is 0 Å². The van der Waals surface area contributed by atoms with Gasteiger partial charge in [-0.25, -0.2) is 17.5 Å². The van der Waals surface area contributed by atoms with Gasteiger partial charge in [0.25, 0.3) is 0 Å². The van der Waals surface area contributed by atoms with Crippen LogP contribution in [-0.2, 0) is 10.0 Å². The molecule has 18 heavy (non-hydrogen) atoms. The zero-order valence-corrected chi connectivity index (χ0v) is 10.7. The third-order valence-corrected chi connectivity index (χ3v) is 4.52. The molecule has 0 aliphatic heterocycles. The fraction of sp³-hybridized carbons (Fsp3) is 0.545. The van der Waals surface area contributed by atoms with E-state index >= 15 is 0 Å². The van der Waals surface area contributed by atoms with Gasteiger partial charge in [0.15, 0.2) is 0 Å². The van der Waals surface area contributed by atoms with Gasteiger partial charge in [-0.15, -0.1) is 0 Å². The van der Waals surface area contributed by atoms with Gasteiger partial charge in [0.05, 0.1) is 6.20 Å². The van der Waals surface area contributed by atoms with Crippen molar-refractivity contribution in [3.8, 4) is 0 Å². The molecule has 5 nitrogen and oxygen atoms in total. The monoisotopic (exact) mass is 273 g/mol. The Balaban J connectivity index is 1.99. The zero-order valence-electron chi connectivity index (χ0n) is 9.84. The maximum Gasteiger partial charge on any atom is 0.242 e. The van der Waals surface area contributed by atoms with Crippen molar-refractivity contribution < 1.29 is 12.8 Å². The van der Waals surface area contributed by atoms with Gasteiger partial charge in [-0.05, 0) is 31.2 Å². The Morgan fingerprint density at radius 3 is 2.83 bits per heavy atom. The van der Waals surface area contributed by atoms with E-state index < -0.39 is 15.8 Å².